The second-order valence-corrected chi connectivity index (χ2v) is 9.81. The van der Waals surface area contributed by atoms with Crippen LogP contribution in [0, 0.1) is 11.8 Å². The first kappa shape index (κ1) is 29.1. The van der Waals surface area contributed by atoms with Gasteiger partial charge in [-0.3, -0.25) is 4.90 Å². The van der Waals surface area contributed by atoms with Crippen LogP contribution in [0.15, 0.2) is 42.5 Å². The molecule has 0 amide bonds. The van der Waals surface area contributed by atoms with E-state index in [9.17, 15) is 15.3 Å². The second-order valence-electron chi connectivity index (χ2n) is 9.81. The molecule has 0 saturated carbocycles. The minimum Gasteiger partial charge on any atom is -0.508 e. The van der Waals surface area contributed by atoms with Crippen molar-refractivity contribution in [1.29, 1.82) is 0 Å². The van der Waals surface area contributed by atoms with Gasteiger partial charge in [-0.2, -0.15) is 0 Å². The number of hydrogen-bond donors (Lipinski definition) is 4. The summed E-state index contributed by atoms with van der Waals surface area (Å²) in [5, 5.41) is 32.4. The van der Waals surface area contributed by atoms with E-state index >= 15 is 0 Å². The highest BCUT2D eigenvalue weighted by molar-refractivity contribution is 5.37. The minimum absolute atomic E-state index is 0.0457. The summed E-state index contributed by atoms with van der Waals surface area (Å²) >= 11 is 0. The highest BCUT2D eigenvalue weighted by atomic mass is 16.5. The fraction of sp³-hybridized carbons (Fsp3) is 0.533. The van der Waals surface area contributed by atoms with E-state index in [4.69, 9.17) is 4.74 Å². The predicted molar refractivity (Wildman–Crippen MR) is 147 cm³/mol. The molecule has 1 atom stereocenters. The van der Waals surface area contributed by atoms with Crippen molar-refractivity contribution in [3.8, 4) is 17.6 Å². The van der Waals surface area contributed by atoms with Gasteiger partial charge in [0.1, 0.15) is 12.4 Å². The molecule has 0 aromatic heterocycles. The average molecular weight is 510 g/mol. The van der Waals surface area contributed by atoms with Gasteiger partial charge in [0, 0.05) is 57.0 Å². The van der Waals surface area contributed by atoms with Gasteiger partial charge in [-0.25, -0.2) is 0 Å². The fourth-order valence-electron chi connectivity index (χ4n) is 4.32. The largest absolute Gasteiger partial charge is 0.508 e. The molecule has 0 radical (unpaired) electrons. The normalized spacial score (nSPS) is 15.3. The van der Waals surface area contributed by atoms with Crippen molar-refractivity contribution in [3.05, 3.63) is 64.7 Å². The summed E-state index contributed by atoms with van der Waals surface area (Å²) in [6.07, 6.45) is 3.59. The van der Waals surface area contributed by atoms with Gasteiger partial charge in [-0.15, -0.1) is 0 Å². The summed E-state index contributed by atoms with van der Waals surface area (Å²) in [4.78, 5) is 4.88. The van der Waals surface area contributed by atoms with Gasteiger partial charge in [0.15, 0.2) is 0 Å². The van der Waals surface area contributed by atoms with Crippen LogP contribution in [0.1, 0.15) is 54.0 Å². The molecule has 37 heavy (non-hydrogen) atoms. The Morgan fingerprint density at radius 2 is 1.76 bits per heavy atom. The summed E-state index contributed by atoms with van der Waals surface area (Å²) in [7, 11) is 2.18. The number of aliphatic hydroxyl groups excluding tert-OH is 2. The van der Waals surface area contributed by atoms with Gasteiger partial charge >= 0.3 is 0 Å². The number of unbranched alkanes of at least 4 members (excludes halogenated alkanes) is 3. The van der Waals surface area contributed by atoms with E-state index in [1.165, 1.54) is 11.6 Å². The maximum atomic E-state index is 10.3. The Morgan fingerprint density at radius 3 is 2.51 bits per heavy atom. The van der Waals surface area contributed by atoms with Crippen LogP contribution in [0.4, 0.5) is 0 Å². The summed E-state index contributed by atoms with van der Waals surface area (Å²) in [5.41, 5.74) is 3.48. The highest BCUT2D eigenvalue weighted by Crippen LogP contribution is 2.22. The lowest BCUT2D eigenvalue weighted by Gasteiger charge is -2.32. The molecule has 1 aliphatic rings. The molecule has 4 N–H and O–H groups in total. The van der Waals surface area contributed by atoms with Crippen LogP contribution in [0.3, 0.4) is 0 Å². The molecule has 2 aromatic carbocycles. The Hall–Kier alpha value is -2.44. The number of nitrogens with zero attached hydrogens (tertiary/aromatic N) is 2. The molecule has 0 aliphatic carbocycles. The molecule has 1 unspecified atom stereocenters. The third-order valence-electron chi connectivity index (χ3n) is 6.75. The first-order valence-corrected chi connectivity index (χ1v) is 13.4. The van der Waals surface area contributed by atoms with Crippen LogP contribution in [0.25, 0.3) is 0 Å². The molecule has 1 heterocycles. The number of aliphatic hydroxyl groups is 2. The summed E-state index contributed by atoms with van der Waals surface area (Å²) in [6.45, 7) is 7.76. The second kappa shape index (κ2) is 16.4. The quantitative estimate of drug-likeness (QED) is 0.230. The van der Waals surface area contributed by atoms with E-state index in [-0.39, 0.29) is 12.4 Å². The Bertz CT molecular complexity index is 979. The first-order chi connectivity index (χ1) is 18.0. The van der Waals surface area contributed by atoms with Gasteiger partial charge in [-0.1, -0.05) is 42.9 Å². The van der Waals surface area contributed by atoms with E-state index in [0.29, 0.717) is 24.3 Å². The topological polar surface area (TPSA) is 88.4 Å². The highest BCUT2D eigenvalue weighted by Gasteiger charge is 2.13. The molecular weight excluding hydrogens is 466 g/mol. The fourth-order valence-corrected chi connectivity index (χ4v) is 4.32. The minimum atomic E-state index is -0.666. The molecule has 2 aromatic rings. The molecule has 0 bridgehead atoms. The monoisotopic (exact) mass is 509 g/mol. The zero-order chi connectivity index (χ0) is 26.3. The van der Waals surface area contributed by atoms with Crippen LogP contribution < -0.4 is 5.32 Å². The van der Waals surface area contributed by atoms with E-state index in [0.717, 1.165) is 77.1 Å². The average Bonchev–Trinajstić information content (AvgIpc) is 2.91. The standard InChI is InChI=1S/C30H43N3O4/c1-32-15-17-33(18-16-32)23-26-10-8-25(9-11-26)7-6-20-37-19-5-3-2-4-14-31-22-30(36)27-12-13-29(35)28(21-27)24-34/h8-13,21,30-31,34-36H,2-5,14-20,22-24H2,1H3. The van der Waals surface area contributed by atoms with Crippen molar-refractivity contribution in [2.75, 3.05) is 59.5 Å². The van der Waals surface area contributed by atoms with Gasteiger partial charge in [0.05, 0.1) is 12.7 Å². The zero-order valence-corrected chi connectivity index (χ0v) is 22.2. The van der Waals surface area contributed by atoms with Crippen molar-refractivity contribution in [1.82, 2.24) is 15.1 Å². The number of piperazine rings is 1. The number of ether oxygens (including phenoxy) is 1. The number of benzene rings is 2. The van der Waals surface area contributed by atoms with E-state index < -0.39 is 6.10 Å². The van der Waals surface area contributed by atoms with Gasteiger partial charge < -0.3 is 30.3 Å². The van der Waals surface area contributed by atoms with Crippen molar-refractivity contribution in [3.63, 3.8) is 0 Å². The Morgan fingerprint density at radius 1 is 1.00 bits per heavy atom. The molecule has 0 spiro atoms. The lowest BCUT2D eigenvalue weighted by Crippen LogP contribution is -2.43. The zero-order valence-electron chi connectivity index (χ0n) is 22.2. The van der Waals surface area contributed by atoms with Crippen molar-refractivity contribution in [2.24, 2.45) is 0 Å². The van der Waals surface area contributed by atoms with Gasteiger partial charge in [0.25, 0.3) is 0 Å². The maximum absolute atomic E-state index is 10.3. The number of aromatic hydroxyl groups is 1. The molecule has 7 heteroatoms. The lowest BCUT2D eigenvalue weighted by molar-refractivity contribution is 0.148. The summed E-state index contributed by atoms with van der Waals surface area (Å²) in [6, 6.07) is 13.4. The number of nitrogens with one attached hydrogen (secondary N) is 1. The number of rotatable bonds is 14. The Balaban J connectivity index is 1.17. The molecule has 202 valence electrons. The first-order valence-electron chi connectivity index (χ1n) is 13.4. The number of likely N-dealkylation sites (N-methyl/N-ethyl adjacent to an activating group) is 1. The van der Waals surface area contributed by atoms with Crippen LogP contribution in [-0.4, -0.2) is 84.6 Å². The van der Waals surface area contributed by atoms with Crippen LogP contribution in [0.5, 0.6) is 5.75 Å². The van der Waals surface area contributed by atoms with Crippen molar-refractivity contribution in [2.45, 2.75) is 44.9 Å². The SMILES string of the molecule is CN1CCN(Cc2ccc(C#CCOCCCCCCNCC(O)c3ccc(O)c(CO)c3)cc2)CC1. The lowest BCUT2D eigenvalue weighted by atomic mass is 10.1. The van der Waals surface area contributed by atoms with E-state index in [1.807, 2.05) is 0 Å². The molecule has 7 nitrogen and oxygen atoms in total. The van der Waals surface area contributed by atoms with Crippen molar-refractivity contribution >= 4 is 0 Å². The molecule has 1 saturated heterocycles. The third kappa shape index (κ3) is 10.8. The van der Waals surface area contributed by atoms with Crippen LogP contribution in [0.2, 0.25) is 0 Å². The molecule has 1 fully saturated rings. The van der Waals surface area contributed by atoms with Crippen LogP contribution in [-0.2, 0) is 17.9 Å². The predicted octanol–water partition coefficient (Wildman–Crippen LogP) is 2.88. The maximum Gasteiger partial charge on any atom is 0.121 e. The number of phenols is 1. The van der Waals surface area contributed by atoms with Gasteiger partial charge in [-0.05, 0) is 61.8 Å². The molecule has 3 rings (SSSR count). The summed E-state index contributed by atoms with van der Waals surface area (Å²) < 4.78 is 5.66. The van der Waals surface area contributed by atoms with Crippen molar-refractivity contribution < 1.29 is 20.1 Å². The van der Waals surface area contributed by atoms with E-state index in [1.54, 1.807) is 12.1 Å². The number of hydrogen-bond acceptors (Lipinski definition) is 7. The smallest absolute Gasteiger partial charge is 0.121 e. The molecular formula is C30H43N3O4. The van der Waals surface area contributed by atoms with E-state index in [2.05, 4.69) is 58.3 Å². The summed E-state index contributed by atoms with van der Waals surface area (Å²) in [5.74, 6) is 6.34. The van der Waals surface area contributed by atoms with Gasteiger partial charge in [0.2, 0.25) is 0 Å². The third-order valence-corrected chi connectivity index (χ3v) is 6.75. The Labute approximate surface area is 222 Å². The van der Waals surface area contributed by atoms with Crippen LogP contribution >= 0.6 is 0 Å². The Kier molecular flexibility index (Phi) is 12.9. The molecule has 1 aliphatic heterocycles.